The highest BCUT2D eigenvalue weighted by molar-refractivity contribution is 6.08. The number of carbonyl (C=O) groups is 1. The zero-order chi connectivity index (χ0) is 25.1. The Morgan fingerprint density at radius 3 is 2.29 bits per heavy atom. The van der Waals surface area contributed by atoms with Crippen LogP contribution in [-0.4, -0.2) is 37.2 Å². The topological polar surface area (TPSA) is 59.0 Å². The minimum atomic E-state index is -0.353. The summed E-state index contributed by atoms with van der Waals surface area (Å²) >= 11 is 0. The molecule has 1 N–H and O–H groups in total. The van der Waals surface area contributed by atoms with E-state index in [0.29, 0.717) is 12.1 Å². The number of nitrogens with zero attached hydrogens (tertiary/aromatic N) is 1. The zero-order valence-electron chi connectivity index (χ0n) is 20.3. The number of rotatable bonds is 7. The molecule has 0 bridgehead atoms. The van der Waals surface area contributed by atoms with E-state index in [1.807, 2.05) is 43.3 Å². The zero-order valence-corrected chi connectivity index (χ0v) is 20.3. The summed E-state index contributed by atoms with van der Waals surface area (Å²) in [5, 5.41) is 10.2. The van der Waals surface area contributed by atoms with Crippen molar-refractivity contribution >= 4 is 23.1 Å². The summed E-state index contributed by atoms with van der Waals surface area (Å²) in [5.41, 5.74) is 5.93. The maximum Gasteiger partial charge on any atom is 0.227 e. The third-order valence-corrected chi connectivity index (χ3v) is 6.28. The van der Waals surface area contributed by atoms with Crippen molar-refractivity contribution in [2.24, 2.45) is 0 Å². The number of hydrogen-bond acceptors (Lipinski definition) is 4. The van der Waals surface area contributed by atoms with Crippen LogP contribution in [0.1, 0.15) is 35.6 Å². The van der Waals surface area contributed by atoms with Crippen LogP contribution in [-0.2, 0) is 11.3 Å². The Labute approximate surface area is 204 Å². The number of hydrogen-bond donors (Lipinski definition) is 1. The Balaban J connectivity index is 1.71. The molecule has 3 aromatic carbocycles. The highest BCUT2D eigenvalue weighted by atomic mass is 19.1. The lowest BCUT2D eigenvalue weighted by Gasteiger charge is -2.18. The second-order valence-corrected chi connectivity index (χ2v) is 8.54. The molecule has 35 heavy (non-hydrogen) atoms. The fraction of sp³-hybridized carbons (Fsp3) is 0.207. The summed E-state index contributed by atoms with van der Waals surface area (Å²) < 4.78 is 24.8. The molecule has 180 valence electrons. The van der Waals surface area contributed by atoms with Crippen LogP contribution < -0.4 is 9.47 Å². The third kappa shape index (κ3) is 4.92. The minimum absolute atomic E-state index is 0.0485. The number of carbonyl (C=O) groups excluding carboxylic acids is 1. The summed E-state index contributed by atoms with van der Waals surface area (Å²) in [6.07, 6.45) is 2.09. The van der Waals surface area contributed by atoms with E-state index < -0.39 is 0 Å². The van der Waals surface area contributed by atoms with E-state index in [1.54, 1.807) is 30.1 Å². The van der Waals surface area contributed by atoms with Crippen LogP contribution in [0.15, 0.2) is 66.2 Å². The molecule has 0 saturated carbocycles. The molecule has 0 fully saturated rings. The van der Waals surface area contributed by atoms with Crippen molar-refractivity contribution in [1.29, 1.82) is 0 Å². The van der Waals surface area contributed by atoms with Crippen LogP contribution >= 0.6 is 0 Å². The smallest absolute Gasteiger partial charge is 0.227 e. The molecule has 3 aromatic rings. The molecule has 0 aromatic heterocycles. The first-order chi connectivity index (χ1) is 16.8. The van der Waals surface area contributed by atoms with Crippen LogP contribution in [0.3, 0.4) is 0 Å². The number of ether oxygens (including phenoxy) is 2. The molecule has 0 spiro atoms. The van der Waals surface area contributed by atoms with E-state index in [2.05, 4.69) is 0 Å². The molecular weight excluding hydrogens is 445 g/mol. The average molecular weight is 474 g/mol. The van der Waals surface area contributed by atoms with Gasteiger partial charge in [0.2, 0.25) is 11.7 Å². The summed E-state index contributed by atoms with van der Waals surface area (Å²) in [6.45, 7) is 2.44. The van der Waals surface area contributed by atoms with Gasteiger partial charge in [-0.05, 0) is 76.2 Å². The van der Waals surface area contributed by atoms with Crippen molar-refractivity contribution in [3.63, 3.8) is 0 Å². The van der Waals surface area contributed by atoms with Crippen LogP contribution in [0.5, 0.6) is 17.2 Å². The van der Waals surface area contributed by atoms with E-state index in [0.717, 1.165) is 33.4 Å². The van der Waals surface area contributed by atoms with Crippen molar-refractivity contribution < 1.29 is 23.8 Å². The molecule has 1 aliphatic carbocycles. The third-order valence-electron chi connectivity index (χ3n) is 6.28. The van der Waals surface area contributed by atoms with Gasteiger partial charge in [-0.15, -0.1) is 0 Å². The lowest BCUT2D eigenvalue weighted by Crippen LogP contribution is -2.26. The average Bonchev–Trinajstić information content (AvgIpc) is 3.10. The number of aromatic hydroxyl groups is 1. The van der Waals surface area contributed by atoms with Crippen molar-refractivity contribution in [2.75, 3.05) is 21.3 Å². The molecular formula is C29H28FNO4. The monoisotopic (exact) mass is 473 g/mol. The Bertz CT molecular complexity index is 1300. The molecule has 0 atom stereocenters. The molecule has 6 heteroatoms. The lowest BCUT2D eigenvalue weighted by molar-refractivity contribution is -0.129. The molecule has 4 rings (SSSR count). The number of allylic oxidation sites excluding steroid dienone is 2. The van der Waals surface area contributed by atoms with Crippen molar-refractivity contribution in [1.82, 2.24) is 4.90 Å². The van der Waals surface area contributed by atoms with Gasteiger partial charge in [0.25, 0.3) is 0 Å². The van der Waals surface area contributed by atoms with Crippen LogP contribution in [0, 0.1) is 5.82 Å². The number of phenols is 1. The second kappa shape index (κ2) is 10.1. The predicted molar refractivity (Wildman–Crippen MR) is 136 cm³/mol. The summed E-state index contributed by atoms with van der Waals surface area (Å²) in [5.74, 6) is 0.0910. The Hall–Kier alpha value is -4.06. The van der Waals surface area contributed by atoms with Gasteiger partial charge in [-0.1, -0.05) is 36.4 Å². The molecule has 0 heterocycles. The first-order valence-corrected chi connectivity index (χ1v) is 11.3. The van der Waals surface area contributed by atoms with Gasteiger partial charge in [-0.2, -0.15) is 0 Å². The molecule has 0 radical (unpaired) electrons. The first-order valence-electron chi connectivity index (χ1n) is 11.3. The van der Waals surface area contributed by atoms with Gasteiger partial charge in [0.1, 0.15) is 5.82 Å². The van der Waals surface area contributed by atoms with Gasteiger partial charge >= 0.3 is 0 Å². The van der Waals surface area contributed by atoms with Crippen LogP contribution in [0.2, 0.25) is 0 Å². The van der Waals surface area contributed by atoms with Gasteiger partial charge in [-0.3, -0.25) is 4.79 Å². The van der Waals surface area contributed by atoms with Gasteiger partial charge in [0, 0.05) is 13.6 Å². The largest absolute Gasteiger partial charge is 0.502 e. The summed E-state index contributed by atoms with van der Waals surface area (Å²) in [4.78, 5) is 14.8. The highest BCUT2D eigenvalue weighted by Crippen LogP contribution is 2.45. The van der Waals surface area contributed by atoms with E-state index in [-0.39, 0.29) is 35.4 Å². The fourth-order valence-corrected chi connectivity index (χ4v) is 4.38. The predicted octanol–water partition coefficient (Wildman–Crippen LogP) is 5.92. The number of amides is 1. The van der Waals surface area contributed by atoms with Crippen LogP contribution in [0.4, 0.5) is 4.39 Å². The number of phenolic OH excluding ortho intramolecular Hbond substituents is 1. The van der Waals surface area contributed by atoms with Gasteiger partial charge in [0.15, 0.2) is 11.5 Å². The van der Waals surface area contributed by atoms with E-state index in [1.165, 1.54) is 26.4 Å². The second-order valence-electron chi connectivity index (χ2n) is 8.54. The number of halogens is 1. The highest BCUT2D eigenvalue weighted by Gasteiger charge is 2.27. The molecule has 0 unspecified atom stereocenters. The van der Waals surface area contributed by atoms with Gasteiger partial charge < -0.3 is 19.5 Å². The molecule has 1 aliphatic rings. The maximum absolute atomic E-state index is 14.2. The lowest BCUT2D eigenvalue weighted by atomic mass is 10.00. The standard InChI is InChI=1S/C29H28FNO4/c1-18-23(12-20-13-26(34-3)29(33)27(14-20)35-4)22-11-10-21(30)15-25(22)24(18)16-28(32)31(2)17-19-8-6-5-7-9-19/h5-15,33H,16-17H2,1-4H3. The first kappa shape index (κ1) is 24.1. The number of benzene rings is 3. The Kier molecular flexibility index (Phi) is 6.92. The van der Waals surface area contributed by atoms with Gasteiger partial charge in [0.05, 0.1) is 20.6 Å². The van der Waals surface area contributed by atoms with Crippen LogP contribution in [0.25, 0.3) is 17.2 Å². The van der Waals surface area contributed by atoms with Crippen molar-refractivity contribution in [3.8, 4) is 17.2 Å². The molecule has 0 aliphatic heterocycles. The van der Waals surface area contributed by atoms with E-state index in [9.17, 15) is 14.3 Å². The minimum Gasteiger partial charge on any atom is -0.502 e. The fourth-order valence-electron chi connectivity index (χ4n) is 4.38. The quantitative estimate of drug-likeness (QED) is 0.462. The van der Waals surface area contributed by atoms with Crippen molar-refractivity contribution in [3.05, 3.63) is 94.3 Å². The van der Waals surface area contributed by atoms with E-state index in [4.69, 9.17) is 9.47 Å². The van der Waals surface area contributed by atoms with Gasteiger partial charge in [-0.25, -0.2) is 4.39 Å². The normalized spacial score (nSPS) is 13.7. The molecule has 1 amide bonds. The molecule has 5 nitrogen and oxygen atoms in total. The van der Waals surface area contributed by atoms with E-state index >= 15 is 0 Å². The number of methoxy groups -OCH3 is 2. The maximum atomic E-state index is 14.2. The molecule has 0 saturated heterocycles. The SMILES string of the molecule is COc1cc(C=C2C(C)=C(CC(=O)N(C)Cc3ccccc3)c3cc(F)ccc32)cc(OC)c1O. The Morgan fingerprint density at radius 2 is 1.66 bits per heavy atom. The number of fused-ring (bicyclic) bond motifs is 1. The Morgan fingerprint density at radius 1 is 1.00 bits per heavy atom. The summed E-state index contributed by atoms with van der Waals surface area (Å²) in [6, 6.07) is 17.8. The van der Waals surface area contributed by atoms with Crippen molar-refractivity contribution in [2.45, 2.75) is 19.9 Å². The summed E-state index contributed by atoms with van der Waals surface area (Å²) in [7, 11) is 4.72.